The van der Waals surface area contributed by atoms with Crippen LogP contribution in [0.4, 0.5) is 14.5 Å². The summed E-state index contributed by atoms with van der Waals surface area (Å²) >= 11 is 1.08. The second kappa shape index (κ2) is 7.60. The van der Waals surface area contributed by atoms with Gasteiger partial charge < -0.3 is 15.1 Å². The van der Waals surface area contributed by atoms with E-state index in [0.29, 0.717) is 17.0 Å². The number of amides is 2. The SMILES string of the molecule is O=C(CSc1nnc(C2CC2)o1)NCC(=O)Nc1ccc(F)c(F)c1. The van der Waals surface area contributed by atoms with Gasteiger partial charge in [0.1, 0.15) is 0 Å². The molecule has 0 aliphatic heterocycles. The Morgan fingerprint density at radius 3 is 2.72 bits per heavy atom. The molecule has 3 rings (SSSR count). The molecule has 1 fully saturated rings. The van der Waals surface area contributed by atoms with E-state index in [4.69, 9.17) is 4.42 Å². The van der Waals surface area contributed by atoms with Crippen LogP contribution in [0, 0.1) is 11.6 Å². The monoisotopic (exact) mass is 368 g/mol. The number of nitrogens with one attached hydrogen (secondary N) is 2. The topological polar surface area (TPSA) is 97.1 Å². The average molecular weight is 368 g/mol. The third kappa shape index (κ3) is 4.99. The van der Waals surface area contributed by atoms with Crippen molar-refractivity contribution in [2.24, 2.45) is 0 Å². The molecule has 1 aliphatic rings. The van der Waals surface area contributed by atoms with Gasteiger partial charge in [-0.3, -0.25) is 9.59 Å². The second-order valence-corrected chi connectivity index (χ2v) is 6.35. The Morgan fingerprint density at radius 2 is 2.00 bits per heavy atom. The van der Waals surface area contributed by atoms with E-state index in [9.17, 15) is 18.4 Å². The van der Waals surface area contributed by atoms with E-state index in [1.54, 1.807) is 0 Å². The van der Waals surface area contributed by atoms with E-state index >= 15 is 0 Å². The molecule has 10 heteroatoms. The standard InChI is InChI=1S/C15H14F2N4O3S/c16-10-4-3-9(5-11(10)17)19-12(22)6-18-13(23)7-25-15-21-20-14(24-15)8-1-2-8/h3-5,8H,1-2,6-7H2,(H,18,23)(H,19,22). The quantitative estimate of drug-likeness (QED) is 0.726. The number of rotatable bonds is 7. The Balaban J connectivity index is 1.38. The molecule has 132 valence electrons. The summed E-state index contributed by atoms with van der Waals surface area (Å²) in [6.07, 6.45) is 2.08. The van der Waals surface area contributed by atoms with E-state index < -0.39 is 23.4 Å². The minimum absolute atomic E-state index is 0.0186. The van der Waals surface area contributed by atoms with Crippen molar-refractivity contribution in [1.29, 1.82) is 0 Å². The van der Waals surface area contributed by atoms with Crippen LogP contribution in [0.3, 0.4) is 0 Å². The van der Waals surface area contributed by atoms with E-state index in [1.807, 2.05) is 0 Å². The zero-order chi connectivity index (χ0) is 17.8. The first-order chi connectivity index (χ1) is 12.0. The van der Waals surface area contributed by atoms with Crippen molar-refractivity contribution in [3.05, 3.63) is 35.7 Å². The maximum absolute atomic E-state index is 13.0. The van der Waals surface area contributed by atoms with Gasteiger partial charge in [0, 0.05) is 17.7 Å². The molecular formula is C15H14F2N4O3S. The highest BCUT2D eigenvalue weighted by atomic mass is 32.2. The Bertz CT molecular complexity index is 795. The summed E-state index contributed by atoms with van der Waals surface area (Å²) in [6.45, 7) is -0.296. The van der Waals surface area contributed by atoms with Gasteiger partial charge in [-0.1, -0.05) is 11.8 Å². The van der Waals surface area contributed by atoms with Crippen LogP contribution in [0.25, 0.3) is 0 Å². The molecule has 0 unspecified atom stereocenters. The van der Waals surface area contributed by atoms with Crippen LogP contribution in [0.15, 0.2) is 27.8 Å². The minimum Gasteiger partial charge on any atom is -0.416 e. The molecule has 0 bridgehead atoms. The number of benzene rings is 1. The summed E-state index contributed by atoms with van der Waals surface area (Å²) in [7, 11) is 0. The van der Waals surface area contributed by atoms with Crippen LogP contribution in [0.5, 0.6) is 0 Å². The summed E-state index contributed by atoms with van der Waals surface area (Å²) in [6, 6.07) is 2.99. The molecule has 2 N–H and O–H groups in total. The highest BCUT2D eigenvalue weighted by molar-refractivity contribution is 7.99. The zero-order valence-corrected chi connectivity index (χ0v) is 13.7. The normalized spacial score (nSPS) is 13.5. The first-order valence-electron chi connectivity index (χ1n) is 7.49. The first-order valence-corrected chi connectivity index (χ1v) is 8.47. The number of halogens is 2. The van der Waals surface area contributed by atoms with Crippen molar-refractivity contribution in [1.82, 2.24) is 15.5 Å². The van der Waals surface area contributed by atoms with Crippen molar-refractivity contribution in [3.8, 4) is 0 Å². The fourth-order valence-electron chi connectivity index (χ4n) is 1.91. The van der Waals surface area contributed by atoms with Crippen LogP contribution in [-0.2, 0) is 9.59 Å². The third-order valence-corrected chi connectivity index (χ3v) is 4.14. The first kappa shape index (κ1) is 17.3. The highest BCUT2D eigenvalue weighted by Crippen LogP contribution is 2.39. The fourth-order valence-corrected chi connectivity index (χ4v) is 2.51. The molecule has 25 heavy (non-hydrogen) atoms. The smallest absolute Gasteiger partial charge is 0.277 e. The van der Waals surface area contributed by atoms with Gasteiger partial charge in [-0.25, -0.2) is 8.78 Å². The number of carbonyl (C=O) groups excluding carboxylic acids is 2. The summed E-state index contributed by atoms with van der Waals surface area (Å²) in [4.78, 5) is 23.4. The van der Waals surface area contributed by atoms with Gasteiger partial charge in [-0.05, 0) is 25.0 Å². The van der Waals surface area contributed by atoms with Crippen LogP contribution in [0.2, 0.25) is 0 Å². The van der Waals surface area contributed by atoms with Gasteiger partial charge in [0.05, 0.1) is 12.3 Å². The lowest BCUT2D eigenvalue weighted by Gasteiger charge is -2.06. The molecular weight excluding hydrogens is 354 g/mol. The predicted molar refractivity (Wildman–Crippen MR) is 85.0 cm³/mol. The lowest BCUT2D eigenvalue weighted by atomic mass is 10.3. The van der Waals surface area contributed by atoms with Crippen molar-refractivity contribution in [2.45, 2.75) is 24.0 Å². The van der Waals surface area contributed by atoms with Crippen molar-refractivity contribution < 1.29 is 22.8 Å². The number of thioether (sulfide) groups is 1. The molecule has 7 nitrogen and oxygen atoms in total. The third-order valence-electron chi connectivity index (χ3n) is 3.32. The summed E-state index contributed by atoms with van der Waals surface area (Å²) in [5.41, 5.74) is 0.103. The molecule has 0 saturated heterocycles. The molecule has 1 aliphatic carbocycles. The zero-order valence-electron chi connectivity index (χ0n) is 12.9. The van der Waals surface area contributed by atoms with E-state index in [-0.39, 0.29) is 18.0 Å². The molecule has 1 heterocycles. The van der Waals surface area contributed by atoms with Crippen molar-refractivity contribution in [3.63, 3.8) is 0 Å². The Labute approximate surface area is 145 Å². The molecule has 1 saturated carbocycles. The van der Waals surface area contributed by atoms with Crippen LogP contribution in [-0.4, -0.2) is 34.3 Å². The van der Waals surface area contributed by atoms with Crippen LogP contribution < -0.4 is 10.6 Å². The summed E-state index contributed by atoms with van der Waals surface area (Å²) in [5.74, 6) is -2.07. The molecule has 0 radical (unpaired) electrons. The molecule has 1 aromatic heterocycles. The molecule has 0 atom stereocenters. The number of carbonyl (C=O) groups is 2. The second-order valence-electron chi connectivity index (χ2n) is 5.42. The minimum atomic E-state index is -1.07. The summed E-state index contributed by atoms with van der Waals surface area (Å²) in [5, 5.41) is 12.8. The number of hydrogen-bond donors (Lipinski definition) is 2. The van der Waals surface area contributed by atoms with Gasteiger partial charge in [0.15, 0.2) is 11.6 Å². The van der Waals surface area contributed by atoms with Gasteiger partial charge >= 0.3 is 0 Å². The lowest BCUT2D eigenvalue weighted by Crippen LogP contribution is -2.33. The molecule has 2 amide bonds. The highest BCUT2D eigenvalue weighted by Gasteiger charge is 2.29. The number of hydrogen-bond acceptors (Lipinski definition) is 6. The maximum atomic E-state index is 13.0. The molecule has 1 aromatic carbocycles. The van der Waals surface area contributed by atoms with E-state index in [0.717, 1.165) is 36.7 Å². The van der Waals surface area contributed by atoms with E-state index in [2.05, 4.69) is 20.8 Å². The molecule has 2 aromatic rings. The number of aromatic nitrogens is 2. The van der Waals surface area contributed by atoms with Gasteiger partial charge in [-0.15, -0.1) is 10.2 Å². The van der Waals surface area contributed by atoms with Crippen LogP contribution in [0.1, 0.15) is 24.7 Å². The predicted octanol–water partition coefficient (Wildman–Crippen LogP) is 2.07. The van der Waals surface area contributed by atoms with Gasteiger partial charge in [-0.2, -0.15) is 0 Å². The Hall–Kier alpha value is -2.49. The Morgan fingerprint density at radius 1 is 1.20 bits per heavy atom. The Kier molecular flexibility index (Phi) is 5.27. The number of anilines is 1. The summed E-state index contributed by atoms with van der Waals surface area (Å²) < 4.78 is 31.2. The number of nitrogens with zero attached hydrogens (tertiary/aromatic N) is 2. The van der Waals surface area contributed by atoms with E-state index in [1.165, 1.54) is 6.07 Å². The lowest BCUT2D eigenvalue weighted by molar-refractivity contribution is -0.122. The fraction of sp³-hybridized carbons (Fsp3) is 0.333. The maximum Gasteiger partial charge on any atom is 0.277 e. The van der Waals surface area contributed by atoms with Crippen LogP contribution >= 0.6 is 11.8 Å². The largest absolute Gasteiger partial charge is 0.416 e. The van der Waals surface area contributed by atoms with Crippen molar-refractivity contribution in [2.75, 3.05) is 17.6 Å². The van der Waals surface area contributed by atoms with Gasteiger partial charge in [0.25, 0.3) is 5.22 Å². The van der Waals surface area contributed by atoms with Crippen molar-refractivity contribution >= 4 is 29.3 Å². The average Bonchev–Trinajstić information content (AvgIpc) is 3.33. The molecule has 0 spiro atoms. The van der Waals surface area contributed by atoms with Gasteiger partial charge in [0.2, 0.25) is 17.7 Å².